The first kappa shape index (κ1) is 13.7. The molecular weight excluding hydrogens is 248 g/mol. The Balaban J connectivity index is 2.00. The van der Waals surface area contributed by atoms with Gasteiger partial charge in [0.25, 0.3) is 0 Å². The Morgan fingerprint density at radius 2 is 1.89 bits per heavy atom. The van der Waals surface area contributed by atoms with Crippen LogP contribution in [0.25, 0.3) is 0 Å². The zero-order valence-corrected chi connectivity index (χ0v) is 11.0. The summed E-state index contributed by atoms with van der Waals surface area (Å²) in [4.78, 5) is 0. The van der Waals surface area contributed by atoms with Crippen molar-refractivity contribution in [3.05, 3.63) is 59.1 Å². The Morgan fingerprint density at radius 3 is 2.58 bits per heavy atom. The summed E-state index contributed by atoms with van der Waals surface area (Å²) in [6, 6.07) is 7.00. The van der Waals surface area contributed by atoms with E-state index in [4.69, 9.17) is 4.42 Å². The molecule has 1 N–H and O–H groups in total. The van der Waals surface area contributed by atoms with Gasteiger partial charge in [-0.1, -0.05) is 6.92 Å². The van der Waals surface area contributed by atoms with Gasteiger partial charge in [0.1, 0.15) is 23.2 Å². The highest BCUT2D eigenvalue weighted by molar-refractivity contribution is 5.22. The molecule has 0 spiro atoms. The van der Waals surface area contributed by atoms with Gasteiger partial charge >= 0.3 is 0 Å². The fourth-order valence-corrected chi connectivity index (χ4v) is 1.92. The molecule has 1 aromatic heterocycles. The molecule has 19 heavy (non-hydrogen) atoms. The van der Waals surface area contributed by atoms with Crippen molar-refractivity contribution in [3.63, 3.8) is 0 Å². The lowest BCUT2D eigenvalue weighted by molar-refractivity contribution is 0.430. The standard InChI is InChI=1S/C15H17F2NO/c1-3-12-5-6-13(19-12)9-18-10(2)14-8-11(16)4-7-15(14)17/h4-8,10,18H,3,9H2,1-2H3. The van der Waals surface area contributed by atoms with Crippen molar-refractivity contribution in [1.29, 1.82) is 0 Å². The first-order valence-corrected chi connectivity index (χ1v) is 6.36. The first-order valence-electron chi connectivity index (χ1n) is 6.36. The van der Waals surface area contributed by atoms with Crippen LogP contribution in [-0.2, 0) is 13.0 Å². The molecule has 0 aliphatic rings. The van der Waals surface area contributed by atoms with E-state index in [1.165, 1.54) is 6.07 Å². The molecule has 1 atom stereocenters. The molecule has 2 nitrogen and oxygen atoms in total. The SMILES string of the molecule is CCc1ccc(CNC(C)c2cc(F)ccc2F)o1. The molecule has 1 aromatic carbocycles. The molecule has 2 rings (SSSR count). The Labute approximate surface area is 111 Å². The molecule has 0 fully saturated rings. The average molecular weight is 265 g/mol. The highest BCUT2D eigenvalue weighted by Crippen LogP contribution is 2.19. The molecule has 0 amide bonds. The minimum atomic E-state index is -0.434. The van der Waals surface area contributed by atoms with Crippen molar-refractivity contribution < 1.29 is 13.2 Å². The van der Waals surface area contributed by atoms with Gasteiger partial charge in [0.2, 0.25) is 0 Å². The van der Waals surface area contributed by atoms with Gasteiger partial charge < -0.3 is 9.73 Å². The van der Waals surface area contributed by atoms with Gasteiger partial charge in [0, 0.05) is 18.0 Å². The van der Waals surface area contributed by atoms with Crippen LogP contribution in [0.2, 0.25) is 0 Å². The zero-order valence-electron chi connectivity index (χ0n) is 11.0. The van der Waals surface area contributed by atoms with Crippen molar-refractivity contribution in [2.45, 2.75) is 32.9 Å². The summed E-state index contributed by atoms with van der Waals surface area (Å²) in [5, 5.41) is 3.12. The largest absolute Gasteiger partial charge is 0.465 e. The fourth-order valence-electron chi connectivity index (χ4n) is 1.92. The highest BCUT2D eigenvalue weighted by Gasteiger charge is 2.12. The number of furan rings is 1. The maximum Gasteiger partial charge on any atom is 0.128 e. The number of benzene rings is 1. The predicted octanol–water partition coefficient (Wildman–Crippen LogP) is 3.97. The summed E-state index contributed by atoms with van der Waals surface area (Å²) >= 11 is 0. The van der Waals surface area contributed by atoms with Crippen molar-refractivity contribution >= 4 is 0 Å². The molecule has 1 unspecified atom stereocenters. The molecule has 0 saturated heterocycles. The van der Waals surface area contributed by atoms with Crippen LogP contribution in [0.5, 0.6) is 0 Å². The molecule has 102 valence electrons. The number of nitrogens with one attached hydrogen (secondary N) is 1. The molecule has 0 saturated carbocycles. The Kier molecular flexibility index (Phi) is 4.32. The lowest BCUT2D eigenvalue weighted by Gasteiger charge is -2.14. The van der Waals surface area contributed by atoms with Crippen molar-refractivity contribution in [1.82, 2.24) is 5.32 Å². The molecule has 0 aliphatic heterocycles. The van der Waals surface area contributed by atoms with E-state index in [9.17, 15) is 8.78 Å². The maximum atomic E-state index is 13.6. The number of hydrogen-bond donors (Lipinski definition) is 1. The average Bonchev–Trinajstić information content (AvgIpc) is 2.87. The summed E-state index contributed by atoms with van der Waals surface area (Å²) < 4.78 is 32.2. The molecule has 0 aliphatic carbocycles. The van der Waals surface area contributed by atoms with Crippen LogP contribution in [0.15, 0.2) is 34.7 Å². The number of rotatable bonds is 5. The van der Waals surface area contributed by atoms with Gasteiger partial charge in [-0.25, -0.2) is 8.78 Å². The highest BCUT2D eigenvalue weighted by atomic mass is 19.1. The van der Waals surface area contributed by atoms with Crippen LogP contribution in [0.1, 0.15) is 37.0 Å². The molecule has 2 aromatic rings. The summed E-state index contributed by atoms with van der Waals surface area (Å²) in [7, 11) is 0. The molecule has 0 bridgehead atoms. The van der Waals surface area contributed by atoms with Crippen LogP contribution in [-0.4, -0.2) is 0 Å². The molecular formula is C15H17F2NO. The monoisotopic (exact) mass is 265 g/mol. The number of hydrogen-bond acceptors (Lipinski definition) is 2. The van der Waals surface area contributed by atoms with Gasteiger partial charge in [-0.05, 0) is 37.3 Å². The van der Waals surface area contributed by atoms with Crippen LogP contribution < -0.4 is 5.32 Å². The van der Waals surface area contributed by atoms with Gasteiger partial charge in [-0.2, -0.15) is 0 Å². The number of aryl methyl sites for hydroxylation is 1. The third-order valence-electron chi connectivity index (χ3n) is 3.07. The minimum Gasteiger partial charge on any atom is -0.465 e. The lowest BCUT2D eigenvalue weighted by atomic mass is 10.1. The Morgan fingerprint density at radius 1 is 1.16 bits per heavy atom. The molecule has 1 heterocycles. The van der Waals surface area contributed by atoms with E-state index < -0.39 is 11.6 Å². The van der Waals surface area contributed by atoms with Crippen LogP contribution in [0.3, 0.4) is 0 Å². The van der Waals surface area contributed by atoms with E-state index >= 15 is 0 Å². The summed E-state index contributed by atoms with van der Waals surface area (Å²) in [5.74, 6) is 0.869. The van der Waals surface area contributed by atoms with E-state index in [0.717, 1.165) is 30.1 Å². The fraction of sp³-hybridized carbons (Fsp3) is 0.333. The van der Waals surface area contributed by atoms with Crippen LogP contribution in [0, 0.1) is 11.6 Å². The third kappa shape index (κ3) is 3.41. The first-order chi connectivity index (χ1) is 9.10. The normalized spacial score (nSPS) is 12.6. The summed E-state index contributed by atoms with van der Waals surface area (Å²) in [5.41, 5.74) is 0.322. The minimum absolute atomic E-state index is 0.286. The smallest absolute Gasteiger partial charge is 0.128 e. The third-order valence-corrected chi connectivity index (χ3v) is 3.07. The van der Waals surface area contributed by atoms with Crippen molar-refractivity contribution in [2.24, 2.45) is 0 Å². The quantitative estimate of drug-likeness (QED) is 0.884. The van der Waals surface area contributed by atoms with Crippen LogP contribution >= 0.6 is 0 Å². The molecule has 0 radical (unpaired) electrons. The van der Waals surface area contributed by atoms with E-state index in [2.05, 4.69) is 5.32 Å². The van der Waals surface area contributed by atoms with Crippen LogP contribution in [0.4, 0.5) is 8.78 Å². The van der Waals surface area contributed by atoms with E-state index in [1.807, 2.05) is 19.1 Å². The second-order valence-corrected chi connectivity index (χ2v) is 4.49. The van der Waals surface area contributed by atoms with Crippen molar-refractivity contribution in [3.8, 4) is 0 Å². The van der Waals surface area contributed by atoms with E-state index in [-0.39, 0.29) is 6.04 Å². The number of halogens is 2. The van der Waals surface area contributed by atoms with Gasteiger partial charge in [-0.15, -0.1) is 0 Å². The second kappa shape index (κ2) is 5.97. The van der Waals surface area contributed by atoms with E-state index in [1.54, 1.807) is 6.92 Å². The molecule has 4 heteroatoms. The van der Waals surface area contributed by atoms with Gasteiger partial charge in [0.15, 0.2) is 0 Å². The predicted molar refractivity (Wildman–Crippen MR) is 69.7 cm³/mol. The van der Waals surface area contributed by atoms with Gasteiger partial charge in [0.05, 0.1) is 6.54 Å². The maximum absolute atomic E-state index is 13.6. The van der Waals surface area contributed by atoms with E-state index in [0.29, 0.717) is 12.1 Å². The Hall–Kier alpha value is -1.68. The van der Waals surface area contributed by atoms with Gasteiger partial charge in [-0.3, -0.25) is 0 Å². The lowest BCUT2D eigenvalue weighted by Crippen LogP contribution is -2.19. The summed E-state index contributed by atoms with van der Waals surface area (Å²) in [6.07, 6.45) is 0.841. The summed E-state index contributed by atoms with van der Waals surface area (Å²) in [6.45, 7) is 4.29. The second-order valence-electron chi connectivity index (χ2n) is 4.49. The zero-order chi connectivity index (χ0) is 13.8. The van der Waals surface area contributed by atoms with Crippen molar-refractivity contribution in [2.75, 3.05) is 0 Å². The topological polar surface area (TPSA) is 25.2 Å². The Bertz CT molecular complexity index is 551.